The van der Waals surface area contributed by atoms with Crippen LogP contribution >= 0.6 is 12.6 Å². The zero-order valence-electron chi connectivity index (χ0n) is 16.2. The summed E-state index contributed by atoms with van der Waals surface area (Å²) in [4.78, 5) is 23.8. The van der Waals surface area contributed by atoms with Crippen LogP contribution in [-0.2, 0) is 22.6 Å². The van der Waals surface area contributed by atoms with Crippen molar-refractivity contribution >= 4 is 24.5 Å². The van der Waals surface area contributed by atoms with E-state index in [9.17, 15) is 14.7 Å². The number of carbonyl (C=O) groups is 2. The molecule has 2 aromatic rings. The van der Waals surface area contributed by atoms with E-state index in [1.165, 1.54) is 0 Å². The third-order valence-corrected chi connectivity index (χ3v) is 5.42. The number of thiol groups is 1. The third-order valence-electron chi connectivity index (χ3n) is 4.68. The van der Waals surface area contributed by atoms with Gasteiger partial charge in [-0.1, -0.05) is 62.7 Å². The van der Waals surface area contributed by atoms with E-state index in [-0.39, 0.29) is 18.2 Å². The van der Waals surface area contributed by atoms with Crippen LogP contribution in [0, 0.1) is 5.92 Å². The van der Waals surface area contributed by atoms with Crippen LogP contribution < -0.4 is 10.1 Å². The number of rotatable bonds is 10. The minimum atomic E-state index is -1.07. The highest BCUT2D eigenvalue weighted by atomic mass is 32.1. The van der Waals surface area contributed by atoms with E-state index in [1.807, 2.05) is 56.3 Å². The summed E-state index contributed by atoms with van der Waals surface area (Å²) in [7, 11) is 0. The van der Waals surface area contributed by atoms with Gasteiger partial charge in [0.15, 0.2) is 0 Å². The lowest BCUT2D eigenvalue weighted by Gasteiger charge is -2.21. The van der Waals surface area contributed by atoms with Crippen molar-refractivity contribution < 1.29 is 19.4 Å². The van der Waals surface area contributed by atoms with Gasteiger partial charge in [-0.15, -0.1) is 0 Å². The minimum absolute atomic E-state index is 0.0684. The number of hydrogen-bond donors (Lipinski definition) is 3. The minimum Gasteiger partial charge on any atom is -0.489 e. The van der Waals surface area contributed by atoms with E-state index in [0.717, 1.165) is 17.5 Å². The molecule has 3 atom stereocenters. The monoisotopic (exact) mass is 401 g/mol. The Balaban J connectivity index is 1.93. The molecule has 2 N–H and O–H groups in total. The Hall–Kier alpha value is -2.47. The van der Waals surface area contributed by atoms with Crippen LogP contribution in [0.5, 0.6) is 5.75 Å². The molecule has 6 heteroatoms. The fraction of sp³-hybridized carbons (Fsp3) is 0.364. The number of ether oxygens (including phenoxy) is 1. The lowest BCUT2D eigenvalue weighted by atomic mass is 10.0. The summed E-state index contributed by atoms with van der Waals surface area (Å²) < 4.78 is 5.74. The average molecular weight is 402 g/mol. The van der Waals surface area contributed by atoms with Crippen LogP contribution in [0.15, 0.2) is 54.6 Å². The molecule has 0 fully saturated rings. The molecule has 5 nitrogen and oxygen atoms in total. The molecule has 0 aliphatic carbocycles. The molecule has 0 saturated carbocycles. The second kappa shape index (κ2) is 10.8. The molecule has 0 bridgehead atoms. The summed E-state index contributed by atoms with van der Waals surface area (Å²) >= 11 is 4.31. The fourth-order valence-corrected chi connectivity index (χ4v) is 2.92. The van der Waals surface area contributed by atoms with E-state index in [0.29, 0.717) is 12.4 Å². The molecule has 0 aliphatic rings. The molecule has 0 radical (unpaired) electrons. The molecule has 0 saturated heterocycles. The van der Waals surface area contributed by atoms with Gasteiger partial charge in [0.2, 0.25) is 5.91 Å². The highest BCUT2D eigenvalue weighted by Crippen LogP contribution is 2.17. The maximum Gasteiger partial charge on any atom is 0.326 e. The second-order valence-electron chi connectivity index (χ2n) is 6.85. The number of hydrogen-bond acceptors (Lipinski definition) is 4. The summed E-state index contributed by atoms with van der Waals surface area (Å²) in [6.07, 6.45) is 0.991. The van der Waals surface area contributed by atoms with E-state index in [4.69, 9.17) is 4.74 Å². The normalized spacial score (nSPS) is 14.0. The van der Waals surface area contributed by atoms with Crippen molar-refractivity contribution in [1.29, 1.82) is 0 Å². The molecule has 0 aliphatic heterocycles. The highest BCUT2D eigenvalue weighted by Gasteiger charge is 2.26. The summed E-state index contributed by atoms with van der Waals surface area (Å²) in [5, 5.41) is 11.5. The first-order valence-electron chi connectivity index (χ1n) is 9.37. The zero-order valence-corrected chi connectivity index (χ0v) is 17.1. The van der Waals surface area contributed by atoms with E-state index in [2.05, 4.69) is 17.9 Å². The van der Waals surface area contributed by atoms with Gasteiger partial charge in [0.1, 0.15) is 18.4 Å². The largest absolute Gasteiger partial charge is 0.489 e. The van der Waals surface area contributed by atoms with Gasteiger partial charge < -0.3 is 15.2 Å². The van der Waals surface area contributed by atoms with Crippen LogP contribution in [0.3, 0.4) is 0 Å². The Kier molecular flexibility index (Phi) is 8.39. The van der Waals surface area contributed by atoms with E-state index < -0.39 is 17.3 Å². The molecule has 2 rings (SSSR count). The van der Waals surface area contributed by atoms with Crippen LogP contribution in [0.1, 0.15) is 31.4 Å². The van der Waals surface area contributed by atoms with Gasteiger partial charge in [0.25, 0.3) is 0 Å². The summed E-state index contributed by atoms with van der Waals surface area (Å²) in [6.45, 7) is 4.35. The van der Waals surface area contributed by atoms with Crippen LogP contribution in [0.2, 0.25) is 0 Å². The van der Waals surface area contributed by atoms with Gasteiger partial charge in [0.05, 0.1) is 5.25 Å². The van der Waals surface area contributed by atoms with Crippen molar-refractivity contribution in [3.05, 3.63) is 65.7 Å². The van der Waals surface area contributed by atoms with Crippen LogP contribution in [0.25, 0.3) is 0 Å². The molecule has 0 aromatic heterocycles. The molecule has 0 heterocycles. The van der Waals surface area contributed by atoms with Crippen molar-refractivity contribution in [2.24, 2.45) is 5.92 Å². The molecule has 0 unspecified atom stereocenters. The summed E-state index contributed by atoms with van der Waals surface area (Å²) in [6, 6.07) is 16.1. The van der Waals surface area contributed by atoms with Gasteiger partial charge in [0, 0.05) is 6.42 Å². The third kappa shape index (κ3) is 6.60. The summed E-state index contributed by atoms with van der Waals surface area (Å²) in [5.41, 5.74) is 1.88. The maximum atomic E-state index is 12.3. The molecule has 28 heavy (non-hydrogen) atoms. The van der Waals surface area contributed by atoms with Crippen molar-refractivity contribution in [3.8, 4) is 5.75 Å². The number of carboxylic acids is 1. The number of amides is 1. The molecule has 1 amide bonds. The Morgan fingerprint density at radius 3 is 2.29 bits per heavy atom. The van der Waals surface area contributed by atoms with E-state index in [1.54, 1.807) is 12.1 Å². The van der Waals surface area contributed by atoms with Crippen LogP contribution in [0.4, 0.5) is 0 Å². The van der Waals surface area contributed by atoms with Gasteiger partial charge >= 0.3 is 5.97 Å². The van der Waals surface area contributed by atoms with Gasteiger partial charge in [-0.25, -0.2) is 4.79 Å². The van der Waals surface area contributed by atoms with Gasteiger partial charge in [-0.2, -0.15) is 12.6 Å². The highest BCUT2D eigenvalue weighted by molar-refractivity contribution is 7.81. The fourth-order valence-electron chi connectivity index (χ4n) is 2.64. The molecular formula is C22H27NO4S. The number of nitrogens with one attached hydrogen (secondary N) is 1. The first kappa shape index (κ1) is 21.8. The Morgan fingerprint density at radius 1 is 1.07 bits per heavy atom. The quantitative estimate of drug-likeness (QED) is 0.531. The maximum absolute atomic E-state index is 12.3. The summed E-state index contributed by atoms with van der Waals surface area (Å²) in [5.74, 6) is -0.648. The number of benzene rings is 2. The molecule has 2 aromatic carbocycles. The first-order chi connectivity index (χ1) is 13.4. The van der Waals surface area contributed by atoms with Gasteiger partial charge in [-0.05, 0) is 29.2 Å². The molecule has 0 spiro atoms. The topological polar surface area (TPSA) is 75.6 Å². The van der Waals surface area contributed by atoms with Crippen molar-refractivity contribution in [2.45, 2.75) is 44.6 Å². The van der Waals surface area contributed by atoms with Crippen molar-refractivity contribution in [1.82, 2.24) is 5.32 Å². The average Bonchev–Trinajstić information content (AvgIpc) is 2.72. The lowest BCUT2D eigenvalue weighted by Crippen LogP contribution is -2.46. The van der Waals surface area contributed by atoms with Crippen LogP contribution in [-0.4, -0.2) is 28.3 Å². The SMILES string of the molecule is CC[C@@H](C)[C@H](S)C(=O)N[C@@H](Cc1ccc(OCc2ccccc2)cc1)C(=O)O. The van der Waals surface area contributed by atoms with E-state index >= 15 is 0 Å². The Labute approximate surface area is 171 Å². The number of carboxylic acid groups (broad SMARTS) is 1. The lowest BCUT2D eigenvalue weighted by molar-refractivity contribution is -0.141. The van der Waals surface area contributed by atoms with Crippen molar-refractivity contribution in [3.63, 3.8) is 0 Å². The Morgan fingerprint density at radius 2 is 1.71 bits per heavy atom. The van der Waals surface area contributed by atoms with Gasteiger partial charge in [-0.3, -0.25) is 4.79 Å². The Bertz CT molecular complexity index is 764. The number of aliphatic carboxylic acids is 1. The zero-order chi connectivity index (χ0) is 20.5. The predicted molar refractivity (Wildman–Crippen MR) is 113 cm³/mol. The first-order valence-corrected chi connectivity index (χ1v) is 9.89. The predicted octanol–water partition coefficient (Wildman–Crippen LogP) is 3.72. The second-order valence-corrected chi connectivity index (χ2v) is 7.41. The molecule has 150 valence electrons. The number of carbonyl (C=O) groups excluding carboxylic acids is 1. The smallest absolute Gasteiger partial charge is 0.326 e. The molecular weight excluding hydrogens is 374 g/mol. The standard InChI is InChI=1S/C22H27NO4S/c1-3-15(2)20(28)21(24)23-19(22(25)26)13-16-9-11-18(12-10-16)27-14-17-7-5-4-6-8-17/h4-12,15,19-20,28H,3,13-14H2,1-2H3,(H,23,24)(H,25,26)/t15-,19+,20+/m1/s1. The van der Waals surface area contributed by atoms with Crippen molar-refractivity contribution in [2.75, 3.05) is 0 Å².